The van der Waals surface area contributed by atoms with Crippen LogP contribution in [-0.2, 0) is 14.3 Å². The van der Waals surface area contributed by atoms with Crippen molar-refractivity contribution in [1.82, 2.24) is 4.90 Å². The molecule has 0 unspecified atom stereocenters. The molecule has 1 aliphatic heterocycles. The number of carbonyl (C=O) groups is 2. The number of ether oxygens (including phenoxy) is 1. The first kappa shape index (κ1) is 10.2. The smallest absolute Gasteiger partial charge is 0.222 e. The first-order valence-corrected chi connectivity index (χ1v) is 4.64. The molecule has 1 aliphatic rings. The number of morpholine rings is 1. The summed E-state index contributed by atoms with van der Waals surface area (Å²) < 4.78 is 5.13. The highest BCUT2D eigenvalue weighted by Crippen LogP contribution is 2.02. The maximum absolute atomic E-state index is 11.4. The van der Waals surface area contributed by atoms with E-state index >= 15 is 0 Å². The third-order valence-electron chi connectivity index (χ3n) is 2.08. The molecular weight excluding hydrogens is 170 g/mol. The van der Waals surface area contributed by atoms with Crippen molar-refractivity contribution in [2.24, 2.45) is 0 Å². The Labute approximate surface area is 77.8 Å². The fourth-order valence-electron chi connectivity index (χ4n) is 1.31. The number of hydrogen-bond acceptors (Lipinski definition) is 3. The molecule has 0 radical (unpaired) electrons. The Hall–Kier alpha value is -0.900. The molecule has 0 aromatic rings. The summed E-state index contributed by atoms with van der Waals surface area (Å²) in [4.78, 5) is 23.2. The number of nitrogens with zero attached hydrogens (tertiary/aromatic N) is 1. The second kappa shape index (κ2) is 5.70. The van der Waals surface area contributed by atoms with Crippen LogP contribution in [-0.4, -0.2) is 43.4 Å². The van der Waals surface area contributed by atoms with Crippen LogP contribution in [0.2, 0.25) is 0 Å². The number of hydrogen-bond donors (Lipinski definition) is 0. The standard InChI is InChI=1S/C9H15NO3/c11-6-2-1-3-9(12)10-4-7-13-8-5-10/h6H,1-5,7-8H2. The summed E-state index contributed by atoms with van der Waals surface area (Å²) in [7, 11) is 0. The molecule has 0 spiro atoms. The largest absolute Gasteiger partial charge is 0.378 e. The molecule has 0 saturated carbocycles. The normalized spacial score (nSPS) is 17.1. The summed E-state index contributed by atoms with van der Waals surface area (Å²) >= 11 is 0. The Bertz CT molecular complexity index is 176. The number of unbranched alkanes of at least 4 members (excludes halogenated alkanes) is 1. The van der Waals surface area contributed by atoms with E-state index in [0.717, 1.165) is 6.29 Å². The van der Waals surface area contributed by atoms with E-state index in [2.05, 4.69) is 0 Å². The summed E-state index contributed by atoms with van der Waals surface area (Å²) in [6.07, 6.45) is 2.49. The number of aldehydes is 1. The van der Waals surface area contributed by atoms with Gasteiger partial charge in [-0.15, -0.1) is 0 Å². The van der Waals surface area contributed by atoms with Gasteiger partial charge in [0.05, 0.1) is 13.2 Å². The number of rotatable bonds is 4. The van der Waals surface area contributed by atoms with Crippen LogP contribution in [0, 0.1) is 0 Å². The second-order valence-electron chi connectivity index (χ2n) is 3.05. The van der Waals surface area contributed by atoms with Gasteiger partial charge in [0.15, 0.2) is 0 Å². The molecule has 1 rings (SSSR count). The first-order valence-electron chi connectivity index (χ1n) is 4.64. The molecule has 0 N–H and O–H groups in total. The topological polar surface area (TPSA) is 46.6 Å². The molecule has 0 aliphatic carbocycles. The average molecular weight is 185 g/mol. The Balaban J connectivity index is 2.17. The molecular formula is C9H15NO3. The van der Waals surface area contributed by atoms with Crippen LogP contribution in [0.3, 0.4) is 0 Å². The fourth-order valence-corrected chi connectivity index (χ4v) is 1.31. The van der Waals surface area contributed by atoms with Crippen molar-refractivity contribution in [3.05, 3.63) is 0 Å². The van der Waals surface area contributed by atoms with Crippen molar-refractivity contribution in [2.45, 2.75) is 19.3 Å². The van der Waals surface area contributed by atoms with Crippen molar-refractivity contribution in [1.29, 1.82) is 0 Å². The van der Waals surface area contributed by atoms with Crippen molar-refractivity contribution in [2.75, 3.05) is 26.3 Å². The van der Waals surface area contributed by atoms with E-state index in [-0.39, 0.29) is 5.91 Å². The van der Waals surface area contributed by atoms with Crippen molar-refractivity contribution >= 4 is 12.2 Å². The molecule has 0 bridgehead atoms. The van der Waals surface area contributed by atoms with Gasteiger partial charge in [-0.25, -0.2) is 0 Å². The first-order chi connectivity index (χ1) is 6.34. The molecule has 1 fully saturated rings. The van der Waals surface area contributed by atoms with Crippen LogP contribution in [0.4, 0.5) is 0 Å². The maximum atomic E-state index is 11.4. The summed E-state index contributed by atoms with van der Waals surface area (Å²) in [5, 5.41) is 0. The van der Waals surface area contributed by atoms with Crippen molar-refractivity contribution in [3.63, 3.8) is 0 Å². The predicted molar refractivity (Wildman–Crippen MR) is 47.3 cm³/mol. The van der Waals surface area contributed by atoms with Gasteiger partial charge in [0.2, 0.25) is 5.91 Å². The van der Waals surface area contributed by atoms with E-state index in [1.54, 1.807) is 4.90 Å². The van der Waals surface area contributed by atoms with E-state index in [9.17, 15) is 9.59 Å². The zero-order valence-electron chi connectivity index (χ0n) is 7.70. The minimum Gasteiger partial charge on any atom is -0.378 e. The second-order valence-corrected chi connectivity index (χ2v) is 3.05. The number of amides is 1. The van der Waals surface area contributed by atoms with Crippen molar-refractivity contribution < 1.29 is 14.3 Å². The van der Waals surface area contributed by atoms with Gasteiger partial charge in [-0.1, -0.05) is 0 Å². The lowest BCUT2D eigenvalue weighted by molar-refractivity contribution is -0.135. The summed E-state index contributed by atoms with van der Waals surface area (Å²) in [5.41, 5.74) is 0. The van der Waals surface area contributed by atoms with E-state index in [1.165, 1.54) is 0 Å². The Morgan fingerprint density at radius 2 is 2.08 bits per heavy atom. The average Bonchev–Trinajstić information content (AvgIpc) is 2.19. The van der Waals surface area contributed by atoms with Gasteiger partial charge in [-0.2, -0.15) is 0 Å². The van der Waals surface area contributed by atoms with Gasteiger partial charge >= 0.3 is 0 Å². The minimum atomic E-state index is 0.144. The molecule has 0 aromatic heterocycles. The molecule has 74 valence electrons. The van der Waals surface area contributed by atoms with Crippen LogP contribution in [0.15, 0.2) is 0 Å². The minimum absolute atomic E-state index is 0.144. The Morgan fingerprint density at radius 3 is 2.69 bits per heavy atom. The highest BCUT2D eigenvalue weighted by Gasteiger charge is 2.15. The van der Waals surface area contributed by atoms with Gasteiger partial charge in [0, 0.05) is 25.9 Å². The van der Waals surface area contributed by atoms with Crippen LogP contribution >= 0.6 is 0 Å². The lowest BCUT2D eigenvalue weighted by Crippen LogP contribution is -2.40. The third kappa shape index (κ3) is 3.55. The van der Waals surface area contributed by atoms with Gasteiger partial charge in [-0.05, 0) is 6.42 Å². The monoisotopic (exact) mass is 185 g/mol. The van der Waals surface area contributed by atoms with E-state index < -0.39 is 0 Å². The van der Waals surface area contributed by atoms with Crippen molar-refractivity contribution in [3.8, 4) is 0 Å². The predicted octanol–water partition coefficient (Wildman–Crippen LogP) is 0.214. The fraction of sp³-hybridized carbons (Fsp3) is 0.778. The lowest BCUT2D eigenvalue weighted by atomic mass is 10.2. The van der Waals surface area contributed by atoms with Crippen LogP contribution in [0.25, 0.3) is 0 Å². The van der Waals surface area contributed by atoms with E-state index in [1.807, 2.05) is 0 Å². The van der Waals surface area contributed by atoms with Gasteiger partial charge in [0.25, 0.3) is 0 Å². The molecule has 1 saturated heterocycles. The number of carbonyl (C=O) groups excluding carboxylic acids is 2. The van der Waals surface area contributed by atoms with Crippen LogP contribution < -0.4 is 0 Å². The van der Waals surface area contributed by atoms with Gasteiger partial charge in [-0.3, -0.25) is 4.79 Å². The molecule has 1 amide bonds. The summed E-state index contributed by atoms with van der Waals surface area (Å²) in [6, 6.07) is 0. The third-order valence-corrected chi connectivity index (χ3v) is 2.08. The quantitative estimate of drug-likeness (QED) is 0.465. The summed E-state index contributed by atoms with van der Waals surface area (Å²) in [6.45, 7) is 2.67. The molecule has 4 heteroatoms. The van der Waals surface area contributed by atoms with Gasteiger partial charge < -0.3 is 14.4 Å². The molecule has 0 atom stereocenters. The SMILES string of the molecule is O=CCCCC(=O)N1CCOCC1. The molecule has 13 heavy (non-hydrogen) atoms. The molecule has 4 nitrogen and oxygen atoms in total. The highest BCUT2D eigenvalue weighted by atomic mass is 16.5. The van der Waals surface area contributed by atoms with Crippen LogP contribution in [0.5, 0.6) is 0 Å². The lowest BCUT2D eigenvalue weighted by Gasteiger charge is -2.26. The van der Waals surface area contributed by atoms with E-state index in [0.29, 0.717) is 45.6 Å². The zero-order chi connectivity index (χ0) is 9.52. The van der Waals surface area contributed by atoms with Gasteiger partial charge in [0.1, 0.15) is 6.29 Å². The Morgan fingerprint density at radius 1 is 1.38 bits per heavy atom. The van der Waals surface area contributed by atoms with Crippen LogP contribution in [0.1, 0.15) is 19.3 Å². The zero-order valence-corrected chi connectivity index (χ0v) is 7.70. The highest BCUT2D eigenvalue weighted by molar-refractivity contribution is 5.76. The van der Waals surface area contributed by atoms with E-state index in [4.69, 9.17) is 4.74 Å². The molecule has 0 aromatic carbocycles. The summed E-state index contributed by atoms with van der Waals surface area (Å²) in [5.74, 6) is 0.144. The Kier molecular flexibility index (Phi) is 4.46. The molecule has 1 heterocycles. The maximum Gasteiger partial charge on any atom is 0.222 e.